The predicted molar refractivity (Wildman–Crippen MR) is 205 cm³/mol. The molecule has 13 heteroatoms. The highest BCUT2D eigenvalue weighted by molar-refractivity contribution is 5.83. The number of hydrogen-bond donors (Lipinski definition) is 0. The molecule has 1 saturated carbocycles. The molecule has 1 aliphatic heterocycles. The van der Waals surface area contributed by atoms with Gasteiger partial charge in [-0.1, -0.05) is 106 Å². The Morgan fingerprint density at radius 1 is 0.965 bits per heavy atom. The number of carbonyl (C=O) groups excluding carboxylic acids is 4. The van der Waals surface area contributed by atoms with Crippen LogP contribution >= 0.6 is 0 Å². The molecule has 1 heterocycles. The molecule has 0 radical (unpaired) electrons. The SMILES string of the molecule is C=C/C(C)=C/C[C@]1(C)[C@H](C)C[C@H](OC(=O)[C@@](OC)(c2ccccc2)C(F)(F)F)[C@@]23C(=C[C@H](OC(=O)/C=C\C=C\CCCCC)C[C@@H]12)[C@@H](OC(C)=O)O[C@H]3OC(C)=O. The van der Waals surface area contributed by atoms with E-state index in [1.54, 1.807) is 18.2 Å². The first-order valence-electron chi connectivity index (χ1n) is 19.4. The molecule has 1 spiro atoms. The largest absolute Gasteiger partial charge is 0.458 e. The molecule has 3 aliphatic rings. The van der Waals surface area contributed by atoms with E-state index < -0.39 is 82.8 Å². The number of methoxy groups -OCH3 is 1. The van der Waals surface area contributed by atoms with Gasteiger partial charge >= 0.3 is 30.1 Å². The average molecular weight is 801 g/mol. The molecule has 0 unspecified atom stereocenters. The summed E-state index contributed by atoms with van der Waals surface area (Å²) in [7, 11) is 0.774. The van der Waals surface area contributed by atoms with E-state index in [1.807, 2.05) is 32.9 Å². The first-order chi connectivity index (χ1) is 26.9. The Balaban J connectivity index is 1.94. The molecule has 1 aromatic carbocycles. The van der Waals surface area contributed by atoms with E-state index in [2.05, 4.69) is 13.5 Å². The van der Waals surface area contributed by atoms with Gasteiger partial charge in [0.1, 0.15) is 17.6 Å². The Kier molecular flexibility index (Phi) is 14.9. The summed E-state index contributed by atoms with van der Waals surface area (Å²) in [6, 6.07) is 6.42. The number of ether oxygens (including phenoxy) is 6. The van der Waals surface area contributed by atoms with Crippen LogP contribution in [0.4, 0.5) is 13.2 Å². The van der Waals surface area contributed by atoms with Gasteiger partial charge in [0.25, 0.3) is 5.60 Å². The number of carbonyl (C=O) groups is 4. The summed E-state index contributed by atoms with van der Waals surface area (Å²) in [5.41, 5.74) is -5.61. The maximum atomic E-state index is 15.2. The monoisotopic (exact) mass is 800 g/mol. The van der Waals surface area contributed by atoms with Crippen molar-refractivity contribution in [2.75, 3.05) is 7.11 Å². The lowest BCUT2D eigenvalue weighted by atomic mass is 9.45. The zero-order valence-electron chi connectivity index (χ0n) is 33.8. The van der Waals surface area contributed by atoms with Crippen molar-refractivity contribution in [3.05, 3.63) is 96.2 Å². The fourth-order valence-corrected chi connectivity index (χ4v) is 8.59. The highest BCUT2D eigenvalue weighted by Crippen LogP contribution is 2.68. The Hall–Kier alpha value is -4.49. The van der Waals surface area contributed by atoms with Gasteiger partial charge in [-0.3, -0.25) is 14.3 Å². The van der Waals surface area contributed by atoms with Crippen LogP contribution in [-0.4, -0.2) is 62.0 Å². The van der Waals surface area contributed by atoms with Crippen molar-refractivity contribution in [1.82, 2.24) is 0 Å². The van der Waals surface area contributed by atoms with Gasteiger partial charge in [0, 0.05) is 38.2 Å². The van der Waals surface area contributed by atoms with E-state index >= 15 is 13.2 Å². The van der Waals surface area contributed by atoms with Crippen LogP contribution in [0.3, 0.4) is 0 Å². The second kappa shape index (κ2) is 18.8. The van der Waals surface area contributed by atoms with E-state index in [0.29, 0.717) is 6.42 Å². The molecule has 57 heavy (non-hydrogen) atoms. The van der Waals surface area contributed by atoms with Gasteiger partial charge in [-0.05, 0) is 62.4 Å². The van der Waals surface area contributed by atoms with E-state index in [4.69, 9.17) is 28.4 Å². The van der Waals surface area contributed by atoms with Crippen molar-refractivity contribution in [3.8, 4) is 0 Å². The number of esters is 4. The molecule has 0 aromatic heterocycles. The number of benzene rings is 1. The third kappa shape index (κ3) is 9.30. The number of alkyl halides is 3. The molecule has 1 aromatic rings. The average Bonchev–Trinajstić information content (AvgIpc) is 3.43. The number of allylic oxidation sites excluding steroid dienone is 6. The summed E-state index contributed by atoms with van der Waals surface area (Å²) in [6.45, 7) is 14.0. The first kappa shape index (κ1) is 45.2. The van der Waals surface area contributed by atoms with Crippen molar-refractivity contribution in [1.29, 1.82) is 0 Å². The molecule has 2 fully saturated rings. The van der Waals surface area contributed by atoms with Crippen LogP contribution in [0, 0.1) is 22.7 Å². The van der Waals surface area contributed by atoms with Crippen molar-refractivity contribution in [2.24, 2.45) is 22.7 Å². The van der Waals surface area contributed by atoms with E-state index in [1.165, 1.54) is 30.4 Å². The fourth-order valence-electron chi connectivity index (χ4n) is 8.59. The Labute approximate surface area is 333 Å². The molecule has 0 bridgehead atoms. The Morgan fingerprint density at radius 3 is 2.25 bits per heavy atom. The topological polar surface area (TPSA) is 124 Å². The first-order valence-corrected chi connectivity index (χ1v) is 19.4. The maximum absolute atomic E-state index is 15.2. The minimum absolute atomic E-state index is 0.0325. The molecule has 4 rings (SSSR count). The smallest absolute Gasteiger partial charge is 0.432 e. The van der Waals surface area contributed by atoms with Crippen LogP contribution in [0.2, 0.25) is 0 Å². The van der Waals surface area contributed by atoms with E-state index in [9.17, 15) is 19.2 Å². The Bertz CT molecular complexity index is 1750. The molecular formula is C44H55F3O10. The molecule has 1 saturated heterocycles. The lowest BCUT2D eigenvalue weighted by Gasteiger charge is -2.61. The summed E-state index contributed by atoms with van der Waals surface area (Å²) < 4.78 is 80.5. The molecule has 9 atom stereocenters. The lowest BCUT2D eigenvalue weighted by Crippen LogP contribution is -2.65. The molecule has 0 amide bonds. The molecule has 312 valence electrons. The predicted octanol–water partition coefficient (Wildman–Crippen LogP) is 8.92. The van der Waals surface area contributed by atoms with Crippen LogP contribution in [0.25, 0.3) is 0 Å². The normalized spacial score (nSPS) is 29.8. The van der Waals surface area contributed by atoms with Crippen molar-refractivity contribution in [3.63, 3.8) is 0 Å². The summed E-state index contributed by atoms with van der Waals surface area (Å²) >= 11 is 0. The lowest BCUT2D eigenvalue weighted by molar-refractivity contribution is -0.289. The van der Waals surface area contributed by atoms with E-state index in [0.717, 1.165) is 64.3 Å². The highest BCUT2D eigenvalue weighted by atomic mass is 19.4. The Morgan fingerprint density at radius 2 is 1.65 bits per heavy atom. The van der Waals surface area contributed by atoms with Crippen molar-refractivity contribution < 1.29 is 60.8 Å². The van der Waals surface area contributed by atoms with Gasteiger partial charge in [-0.2, -0.15) is 13.2 Å². The summed E-state index contributed by atoms with van der Waals surface area (Å²) in [4.78, 5) is 53.0. The summed E-state index contributed by atoms with van der Waals surface area (Å²) in [6.07, 6.45) is 5.29. The van der Waals surface area contributed by atoms with Crippen LogP contribution < -0.4 is 0 Å². The number of rotatable bonds is 16. The van der Waals surface area contributed by atoms with E-state index in [-0.39, 0.29) is 24.3 Å². The standard InChI is InChI=1S/C44H55F3O10/c1-9-11-12-13-14-15-19-22-37(50)55-33-26-34-38(53-30(5)48)57-40(54-31(6)49)42(34)35(27-33)41(7,24-23-28(3)10-2)29(4)25-36(42)56-39(51)43(52-8,44(45,46)47)32-20-17-16-18-21-32/h10,14-23,26,29,33,35-36,38,40H,2,9,11-13,24-25,27H2,1,3-8H3/b15-14+,22-19-,28-23+/t29-,33+,35+,36+,38+,40-,41-,42-,43+/m1/s1. The maximum Gasteiger partial charge on any atom is 0.432 e. The fraction of sp³-hybridized carbons (Fsp3) is 0.545. The minimum atomic E-state index is -5.29. The van der Waals surface area contributed by atoms with Gasteiger partial charge in [0.05, 0.1) is 0 Å². The van der Waals surface area contributed by atoms with Crippen LogP contribution in [-0.2, 0) is 53.2 Å². The molecular weight excluding hydrogens is 745 g/mol. The molecule has 0 N–H and O–H groups in total. The number of hydrogen-bond acceptors (Lipinski definition) is 10. The van der Waals surface area contributed by atoms with Gasteiger partial charge in [0.15, 0.2) is 0 Å². The highest BCUT2D eigenvalue weighted by Gasteiger charge is 2.74. The summed E-state index contributed by atoms with van der Waals surface area (Å²) in [5.74, 6) is -5.18. The summed E-state index contributed by atoms with van der Waals surface area (Å²) in [5, 5.41) is 0. The van der Waals surface area contributed by atoms with Gasteiger partial charge < -0.3 is 23.7 Å². The molecule has 10 nitrogen and oxygen atoms in total. The van der Waals surface area contributed by atoms with Crippen LogP contribution in [0.1, 0.15) is 92.1 Å². The number of halogens is 3. The number of unbranched alkanes of at least 4 members (excludes halogenated alkanes) is 3. The zero-order chi connectivity index (χ0) is 42.2. The van der Waals surface area contributed by atoms with Crippen LogP contribution in [0.15, 0.2) is 90.6 Å². The quantitative estimate of drug-likeness (QED) is 0.0400. The van der Waals surface area contributed by atoms with Crippen molar-refractivity contribution >= 4 is 23.9 Å². The third-order valence-electron chi connectivity index (χ3n) is 11.7. The van der Waals surface area contributed by atoms with Gasteiger partial charge in [0.2, 0.25) is 12.6 Å². The minimum Gasteiger partial charge on any atom is -0.458 e. The zero-order valence-corrected chi connectivity index (χ0v) is 33.8. The molecule has 2 aliphatic carbocycles. The van der Waals surface area contributed by atoms with Gasteiger partial charge in [-0.15, -0.1) is 0 Å². The second-order valence-electron chi connectivity index (χ2n) is 15.3. The second-order valence-corrected chi connectivity index (χ2v) is 15.3. The third-order valence-corrected chi connectivity index (χ3v) is 11.7. The van der Waals surface area contributed by atoms with Crippen molar-refractivity contribution in [2.45, 2.75) is 123 Å². The van der Waals surface area contributed by atoms with Crippen LogP contribution in [0.5, 0.6) is 0 Å². The van der Waals surface area contributed by atoms with Gasteiger partial charge in [-0.25, -0.2) is 9.59 Å².